The van der Waals surface area contributed by atoms with Crippen molar-refractivity contribution in [3.8, 4) is 11.5 Å². The third-order valence-electron chi connectivity index (χ3n) is 6.72. The predicted octanol–water partition coefficient (Wildman–Crippen LogP) is 4.34. The minimum Gasteiger partial charge on any atom is -0.493 e. The molecule has 2 atom stereocenters. The number of nitrogens with one attached hydrogen (secondary N) is 1. The van der Waals surface area contributed by atoms with Gasteiger partial charge in [0, 0.05) is 48.7 Å². The van der Waals surface area contributed by atoms with Crippen molar-refractivity contribution in [2.24, 2.45) is 0 Å². The molecule has 9 nitrogen and oxygen atoms in total. The monoisotopic (exact) mass is 529 g/mol. The maximum absolute atomic E-state index is 14.1. The van der Waals surface area contributed by atoms with Crippen LogP contribution in [0.5, 0.6) is 11.5 Å². The minimum atomic E-state index is -3.34. The van der Waals surface area contributed by atoms with Gasteiger partial charge in [-0.15, -0.1) is 0 Å². The topological polar surface area (TPSA) is 100 Å². The SMILES string of the molecule is COc1cc2nc(C)nc(N[C@H](C)c3cccc(C(F)(F)CO)c3)c2cc1OC(=O)N1CCN(C)C[C@H]1C. The molecule has 0 aliphatic carbocycles. The summed E-state index contributed by atoms with van der Waals surface area (Å²) < 4.78 is 39.4. The average molecular weight is 530 g/mol. The largest absolute Gasteiger partial charge is 0.493 e. The number of anilines is 1. The van der Waals surface area contributed by atoms with Gasteiger partial charge in [-0.1, -0.05) is 18.2 Å². The molecule has 0 unspecified atom stereocenters. The highest BCUT2D eigenvalue weighted by Gasteiger charge is 2.31. The number of nitrogens with zero attached hydrogens (tertiary/aromatic N) is 4. The van der Waals surface area contributed by atoms with Gasteiger partial charge in [-0.2, -0.15) is 8.78 Å². The Morgan fingerprint density at radius 3 is 2.68 bits per heavy atom. The van der Waals surface area contributed by atoms with Gasteiger partial charge in [-0.3, -0.25) is 0 Å². The van der Waals surface area contributed by atoms with Gasteiger partial charge in [0.1, 0.15) is 18.2 Å². The van der Waals surface area contributed by atoms with Gasteiger partial charge in [0.2, 0.25) is 0 Å². The first-order valence-corrected chi connectivity index (χ1v) is 12.4. The van der Waals surface area contributed by atoms with Crippen LogP contribution in [-0.4, -0.2) is 77.4 Å². The van der Waals surface area contributed by atoms with Crippen molar-refractivity contribution >= 4 is 22.8 Å². The van der Waals surface area contributed by atoms with Gasteiger partial charge in [-0.25, -0.2) is 14.8 Å². The number of amides is 1. The third-order valence-corrected chi connectivity index (χ3v) is 6.72. The fraction of sp³-hybridized carbons (Fsp3) is 0.444. The van der Waals surface area contributed by atoms with E-state index >= 15 is 0 Å². The molecule has 11 heteroatoms. The fourth-order valence-corrected chi connectivity index (χ4v) is 4.58. The molecule has 0 saturated carbocycles. The molecule has 1 aliphatic rings. The number of hydrogen-bond donors (Lipinski definition) is 2. The van der Waals surface area contributed by atoms with E-state index in [9.17, 15) is 13.6 Å². The van der Waals surface area contributed by atoms with Crippen LogP contribution in [-0.2, 0) is 5.92 Å². The van der Waals surface area contributed by atoms with Gasteiger partial charge < -0.3 is 29.7 Å². The van der Waals surface area contributed by atoms with Crippen LogP contribution in [0.1, 0.15) is 36.8 Å². The lowest BCUT2D eigenvalue weighted by molar-refractivity contribution is -0.0556. The summed E-state index contributed by atoms with van der Waals surface area (Å²) in [6, 6.07) is 8.79. The quantitative estimate of drug-likeness (QED) is 0.466. The van der Waals surface area contributed by atoms with Crippen molar-refractivity contribution in [1.29, 1.82) is 0 Å². The first-order valence-electron chi connectivity index (χ1n) is 12.4. The number of aliphatic hydroxyl groups excluding tert-OH is 1. The van der Waals surface area contributed by atoms with Crippen LogP contribution in [0.25, 0.3) is 10.9 Å². The summed E-state index contributed by atoms with van der Waals surface area (Å²) in [6.45, 7) is 6.30. The van der Waals surface area contributed by atoms with E-state index in [0.717, 1.165) is 13.1 Å². The van der Waals surface area contributed by atoms with Gasteiger partial charge in [0.25, 0.3) is 5.92 Å². The standard InChI is InChI=1S/C27H33F2N5O4/c1-16-14-33(4)9-10-34(16)26(36)38-24-12-21-22(13-23(24)37-5)31-18(3)32-25(21)30-17(2)19-7-6-8-20(11-19)27(28,29)15-35/h6-8,11-13,16-17,35H,9-10,14-15H2,1-5H3,(H,30,31,32)/t16-,17-/m1/s1. The van der Waals surface area contributed by atoms with E-state index in [1.807, 2.05) is 20.9 Å². The number of likely N-dealkylation sites (N-methyl/N-ethyl adjacent to an activating group) is 1. The molecule has 38 heavy (non-hydrogen) atoms. The Kier molecular flexibility index (Phi) is 7.98. The van der Waals surface area contributed by atoms with Crippen molar-refractivity contribution in [3.63, 3.8) is 0 Å². The van der Waals surface area contributed by atoms with Crippen LogP contribution in [0, 0.1) is 6.92 Å². The Hall–Kier alpha value is -3.57. The Morgan fingerprint density at radius 2 is 2.00 bits per heavy atom. The molecule has 1 aliphatic heterocycles. The van der Waals surface area contributed by atoms with Crippen molar-refractivity contribution in [2.45, 2.75) is 38.8 Å². The highest BCUT2D eigenvalue weighted by molar-refractivity contribution is 5.92. The number of ether oxygens (including phenoxy) is 2. The molecular formula is C27H33F2N5O4. The smallest absolute Gasteiger partial charge is 0.415 e. The normalized spacial score (nSPS) is 17.4. The van der Waals surface area contributed by atoms with E-state index in [0.29, 0.717) is 40.4 Å². The Morgan fingerprint density at radius 1 is 1.24 bits per heavy atom. The van der Waals surface area contributed by atoms with Gasteiger partial charge in [-0.05, 0) is 45.5 Å². The van der Waals surface area contributed by atoms with Gasteiger partial charge in [0.05, 0.1) is 12.6 Å². The van der Waals surface area contributed by atoms with E-state index < -0.39 is 24.7 Å². The molecule has 0 bridgehead atoms. The number of methoxy groups -OCH3 is 1. The summed E-state index contributed by atoms with van der Waals surface area (Å²) >= 11 is 0. The Balaban J connectivity index is 1.66. The number of aliphatic hydroxyl groups is 1. The summed E-state index contributed by atoms with van der Waals surface area (Å²) in [6.07, 6.45) is -0.471. The molecule has 1 saturated heterocycles. The molecule has 2 N–H and O–H groups in total. The molecule has 1 fully saturated rings. The maximum atomic E-state index is 14.1. The second-order valence-corrected chi connectivity index (χ2v) is 9.67. The third kappa shape index (κ3) is 5.78. The number of aryl methyl sites for hydroxylation is 1. The molecular weight excluding hydrogens is 496 g/mol. The minimum absolute atomic E-state index is 0.00858. The number of piperazine rings is 1. The highest BCUT2D eigenvalue weighted by Crippen LogP contribution is 2.36. The summed E-state index contributed by atoms with van der Waals surface area (Å²) in [5, 5.41) is 12.9. The summed E-state index contributed by atoms with van der Waals surface area (Å²) in [4.78, 5) is 25.9. The molecule has 3 aromatic rings. The number of hydrogen-bond acceptors (Lipinski definition) is 8. The van der Waals surface area contributed by atoms with E-state index in [1.165, 1.54) is 25.3 Å². The number of rotatable bonds is 7. The number of carbonyl (C=O) groups excluding carboxylic acids is 1. The summed E-state index contributed by atoms with van der Waals surface area (Å²) in [7, 11) is 3.50. The van der Waals surface area contributed by atoms with E-state index in [-0.39, 0.29) is 17.4 Å². The second kappa shape index (κ2) is 11.0. The van der Waals surface area contributed by atoms with Gasteiger partial charge in [0.15, 0.2) is 11.5 Å². The first-order chi connectivity index (χ1) is 18.0. The number of carbonyl (C=O) groups is 1. The van der Waals surface area contributed by atoms with Crippen LogP contribution in [0.15, 0.2) is 36.4 Å². The van der Waals surface area contributed by atoms with Crippen molar-refractivity contribution in [3.05, 3.63) is 53.3 Å². The number of halogens is 2. The van der Waals surface area contributed by atoms with Gasteiger partial charge >= 0.3 is 6.09 Å². The average Bonchev–Trinajstić information content (AvgIpc) is 2.88. The van der Waals surface area contributed by atoms with Crippen molar-refractivity contribution in [1.82, 2.24) is 19.8 Å². The molecule has 204 valence electrons. The fourth-order valence-electron chi connectivity index (χ4n) is 4.58. The lowest BCUT2D eigenvalue weighted by Crippen LogP contribution is -2.53. The van der Waals surface area contributed by atoms with Crippen molar-refractivity contribution in [2.75, 3.05) is 45.7 Å². The lowest BCUT2D eigenvalue weighted by Gasteiger charge is -2.37. The second-order valence-electron chi connectivity index (χ2n) is 9.67. The molecule has 1 amide bonds. The van der Waals surface area contributed by atoms with E-state index in [4.69, 9.17) is 14.6 Å². The summed E-state index contributed by atoms with van der Waals surface area (Å²) in [5.41, 5.74) is 0.883. The number of benzene rings is 2. The van der Waals surface area contributed by atoms with Crippen LogP contribution >= 0.6 is 0 Å². The van der Waals surface area contributed by atoms with Crippen LogP contribution in [0.3, 0.4) is 0 Å². The predicted molar refractivity (Wildman–Crippen MR) is 140 cm³/mol. The number of aromatic nitrogens is 2. The van der Waals surface area contributed by atoms with Crippen LogP contribution in [0.2, 0.25) is 0 Å². The zero-order valence-corrected chi connectivity index (χ0v) is 22.2. The van der Waals surface area contributed by atoms with Crippen LogP contribution < -0.4 is 14.8 Å². The molecule has 4 rings (SSSR count). The summed E-state index contributed by atoms with van der Waals surface area (Å²) in [5.74, 6) is -1.82. The number of fused-ring (bicyclic) bond motifs is 1. The molecule has 2 aromatic carbocycles. The van der Waals surface area contributed by atoms with E-state index in [2.05, 4.69) is 20.2 Å². The highest BCUT2D eigenvalue weighted by atomic mass is 19.3. The molecule has 2 heterocycles. The Labute approximate surface area is 220 Å². The number of alkyl halides is 2. The molecule has 0 radical (unpaired) electrons. The maximum Gasteiger partial charge on any atom is 0.415 e. The van der Waals surface area contributed by atoms with E-state index in [1.54, 1.807) is 30.0 Å². The zero-order valence-electron chi connectivity index (χ0n) is 22.2. The molecule has 1 aromatic heterocycles. The molecule has 0 spiro atoms. The zero-order chi connectivity index (χ0) is 27.6. The lowest BCUT2D eigenvalue weighted by atomic mass is 10.0. The Bertz CT molecular complexity index is 1320. The van der Waals surface area contributed by atoms with Crippen molar-refractivity contribution < 1.29 is 28.2 Å². The first kappa shape index (κ1) is 27.5. The van der Waals surface area contributed by atoms with Crippen LogP contribution in [0.4, 0.5) is 19.4 Å².